The number of rotatable bonds is 3. The molecular formula is C10H16N2O. The third-order valence-electron chi connectivity index (χ3n) is 3.07. The molecule has 1 N–H and O–H groups in total. The van der Waals surface area contributed by atoms with Crippen LogP contribution in [0, 0.1) is 5.92 Å². The van der Waals surface area contributed by atoms with Crippen LogP contribution in [0.1, 0.15) is 32.4 Å². The minimum atomic E-state index is 0.0795. The number of aliphatic hydroxyl groups excluding tert-OH is 1. The number of aromatic nitrogens is 2. The molecule has 0 unspecified atom stereocenters. The fourth-order valence-corrected chi connectivity index (χ4v) is 1.94. The molecule has 13 heavy (non-hydrogen) atoms. The molecule has 0 spiro atoms. The maximum absolute atomic E-state index is 9.11. The fraction of sp³-hybridized carbons (Fsp3) is 0.700. The molecule has 0 aliphatic heterocycles. The van der Waals surface area contributed by atoms with Crippen LogP contribution in [-0.2, 0) is 12.1 Å². The van der Waals surface area contributed by atoms with Crippen molar-refractivity contribution in [2.45, 2.75) is 38.8 Å². The summed E-state index contributed by atoms with van der Waals surface area (Å²) in [5.41, 5.74) is 1.03. The average Bonchev–Trinajstić information content (AvgIpc) is 2.84. The van der Waals surface area contributed by atoms with E-state index in [9.17, 15) is 0 Å². The highest BCUT2D eigenvalue weighted by molar-refractivity contribution is 5.05. The van der Waals surface area contributed by atoms with Gasteiger partial charge in [-0.05, 0) is 32.6 Å². The molecule has 0 aromatic carbocycles. The van der Waals surface area contributed by atoms with Crippen LogP contribution in [0.15, 0.2) is 12.5 Å². The third-order valence-corrected chi connectivity index (χ3v) is 3.07. The molecule has 1 heterocycles. The van der Waals surface area contributed by atoms with Gasteiger partial charge in [0.15, 0.2) is 0 Å². The first kappa shape index (κ1) is 8.75. The van der Waals surface area contributed by atoms with Gasteiger partial charge in [-0.1, -0.05) is 0 Å². The van der Waals surface area contributed by atoms with Crippen molar-refractivity contribution in [3.8, 4) is 0 Å². The monoisotopic (exact) mass is 180 g/mol. The molecule has 3 nitrogen and oxygen atoms in total. The van der Waals surface area contributed by atoms with Gasteiger partial charge in [-0.3, -0.25) is 0 Å². The number of nitrogens with zero attached hydrogens (tertiary/aromatic N) is 2. The first-order chi connectivity index (χ1) is 6.16. The van der Waals surface area contributed by atoms with Crippen molar-refractivity contribution in [3.63, 3.8) is 0 Å². The van der Waals surface area contributed by atoms with Gasteiger partial charge in [0.1, 0.15) is 0 Å². The second-order valence-electron chi connectivity index (χ2n) is 4.34. The third kappa shape index (κ3) is 1.37. The molecule has 0 bridgehead atoms. The summed E-state index contributed by atoms with van der Waals surface area (Å²) in [7, 11) is 0. The van der Waals surface area contributed by atoms with Gasteiger partial charge < -0.3 is 9.67 Å². The topological polar surface area (TPSA) is 38.0 Å². The predicted octanol–water partition coefficient (Wildman–Crippen LogP) is 1.52. The Morgan fingerprint density at radius 2 is 2.31 bits per heavy atom. The fourth-order valence-electron chi connectivity index (χ4n) is 1.94. The number of hydrogen-bond acceptors (Lipinski definition) is 2. The lowest BCUT2D eigenvalue weighted by Crippen LogP contribution is -2.29. The van der Waals surface area contributed by atoms with Crippen molar-refractivity contribution in [2.24, 2.45) is 5.92 Å². The van der Waals surface area contributed by atoms with Crippen LogP contribution in [0.3, 0.4) is 0 Å². The molecule has 2 rings (SSSR count). The Morgan fingerprint density at radius 1 is 1.62 bits per heavy atom. The first-order valence-electron chi connectivity index (χ1n) is 4.79. The van der Waals surface area contributed by atoms with Gasteiger partial charge in [0, 0.05) is 5.54 Å². The van der Waals surface area contributed by atoms with Crippen molar-refractivity contribution in [3.05, 3.63) is 18.2 Å². The van der Waals surface area contributed by atoms with Crippen LogP contribution < -0.4 is 0 Å². The summed E-state index contributed by atoms with van der Waals surface area (Å²) in [6.45, 7) is 4.51. The summed E-state index contributed by atoms with van der Waals surface area (Å²) in [4.78, 5) is 4.07. The second kappa shape index (κ2) is 2.84. The van der Waals surface area contributed by atoms with Crippen LogP contribution in [0.4, 0.5) is 0 Å². The molecule has 1 saturated carbocycles. The average molecular weight is 180 g/mol. The van der Waals surface area contributed by atoms with E-state index in [-0.39, 0.29) is 12.1 Å². The zero-order valence-corrected chi connectivity index (χ0v) is 8.20. The Morgan fingerprint density at radius 3 is 2.85 bits per heavy atom. The van der Waals surface area contributed by atoms with Gasteiger partial charge in [-0.2, -0.15) is 0 Å². The van der Waals surface area contributed by atoms with E-state index in [1.54, 1.807) is 6.20 Å². The van der Waals surface area contributed by atoms with Crippen molar-refractivity contribution in [2.75, 3.05) is 0 Å². The van der Waals surface area contributed by atoms with E-state index in [1.165, 1.54) is 12.8 Å². The lowest BCUT2D eigenvalue weighted by Gasteiger charge is -2.28. The van der Waals surface area contributed by atoms with E-state index < -0.39 is 0 Å². The molecule has 0 saturated heterocycles. The highest BCUT2D eigenvalue weighted by atomic mass is 16.3. The summed E-state index contributed by atoms with van der Waals surface area (Å²) >= 11 is 0. The maximum atomic E-state index is 9.11. The molecular weight excluding hydrogens is 164 g/mol. The van der Waals surface area contributed by atoms with Crippen LogP contribution in [0.25, 0.3) is 0 Å². The number of hydrogen-bond donors (Lipinski definition) is 1. The van der Waals surface area contributed by atoms with Gasteiger partial charge in [-0.25, -0.2) is 4.98 Å². The maximum Gasteiger partial charge on any atom is 0.0954 e. The summed E-state index contributed by atoms with van der Waals surface area (Å²) in [5, 5.41) is 9.11. The van der Waals surface area contributed by atoms with E-state index in [4.69, 9.17) is 5.11 Å². The highest BCUT2D eigenvalue weighted by Gasteiger charge is 2.39. The van der Waals surface area contributed by atoms with Crippen LogP contribution in [0.2, 0.25) is 0 Å². The minimum Gasteiger partial charge on any atom is -0.390 e. The molecule has 1 fully saturated rings. The summed E-state index contributed by atoms with van der Waals surface area (Å²) in [6.07, 6.45) is 6.17. The Labute approximate surface area is 78.4 Å². The standard InChI is InChI=1S/C10H16N2O/c1-10(2,8-3-4-8)12-7-11-5-9(12)6-13/h5,7-8,13H,3-4,6H2,1-2H3. The molecule has 1 aromatic heterocycles. The van der Waals surface area contributed by atoms with Gasteiger partial charge in [0.25, 0.3) is 0 Å². The van der Waals surface area contributed by atoms with Crippen molar-refractivity contribution >= 4 is 0 Å². The zero-order valence-electron chi connectivity index (χ0n) is 8.20. The highest BCUT2D eigenvalue weighted by Crippen LogP contribution is 2.44. The summed E-state index contributed by atoms with van der Waals surface area (Å²) < 4.78 is 2.10. The van der Waals surface area contributed by atoms with E-state index in [1.807, 2.05) is 6.33 Å². The van der Waals surface area contributed by atoms with E-state index in [0.717, 1.165) is 11.6 Å². The van der Waals surface area contributed by atoms with Gasteiger partial charge in [0.2, 0.25) is 0 Å². The van der Waals surface area contributed by atoms with Crippen LogP contribution in [-0.4, -0.2) is 14.7 Å². The Bertz CT molecular complexity index is 300. The molecule has 1 aromatic rings. The first-order valence-corrected chi connectivity index (χ1v) is 4.79. The SMILES string of the molecule is CC(C)(C1CC1)n1cncc1CO. The Kier molecular flexibility index (Phi) is 1.91. The molecule has 72 valence electrons. The largest absolute Gasteiger partial charge is 0.390 e. The second-order valence-corrected chi connectivity index (χ2v) is 4.34. The lowest BCUT2D eigenvalue weighted by molar-refractivity contribution is 0.237. The zero-order chi connectivity index (χ0) is 9.47. The minimum absolute atomic E-state index is 0.0795. The normalized spacial score (nSPS) is 17.8. The molecule has 3 heteroatoms. The molecule has 1 aliphatic rings. The van der Waals surface area contributed by atoms with E-state index in [0.29, 0.717) is 0 Å². The Balaban J connectivity index is 2.32. The molecule has 0 radical (unpaired) electrons. The molecule has 0 amide bonds. The van der Waals surface area contributed by atoms with Gasteiger partial charge in [-0.15, -0.1) is 0 Å². The van der Waals surface area contributed by atoms with Gasteiger partial charge >= 0.3 is 0 Å². The van der Waals surface area contributed by atoms with Crippen molar-refractivity contribution in [1.82, 2.24) is 9.55 Å². The van der Waals surface area contributed by atoms with Gasteiger partial charge in [0.05, 0.1) is 24.8 Å². The lowest BCUT2D eigenvalue weighted by atomic mass is 9.98. The van der Waals surface area contributed by atoms with Crippen molar-refractivity contribution < 1.29 is 5.11 Å². The molecule has 0 atom stereocenters. The number of imidazole rings is 1. The quantitative estimate of drug-likeness (QED) is 0.765. The smallest absolute Gasteiger partial charge is 0.0954 e. The Hall–Kier alpha value is -0.830. The summed E-state index contributed by atoms with van der Waals surface area (Å²) in [5.74, 6) is 0.756. The molecule has 1 aliphatic carbocycles. The van der Waals surface area contributed by atoms with Crippen molar-refractivity contribution in [1.29, 1.82) is 0 Å². The summed E-state index contributed by atoms with van der Waals surface area (Å²) in [6, 6.07) is 0. The van der Waals surface area contributed by atoms with Crippen LogP contribution >= 0.6 is 0 Å². The van der Waals surface area contributed by atoms with Crippen LogP contribution in [0.5, 0.6) is 0 Å². The van der Waals surface area contributed by atoms with E-state index >= 15 is 0 Å². The van der Waals surface area contributed by atoms with E-state index in [2.05, 4.69) is 23.4 Å². The number of aliphatic hydroxyl groups is 1. The predicted molar refractivity (Wildman–Crippen MR) is 50.2 cm³/mol.